The smallest absolute Gasteiger partial charge is 0.170 e. The molecule has 0 amide bonds. The Morgan fingerprint density at radius 2 is 2.33 bits per heavy atom. The van der Waals surface area contributed by atoms with Crippen molar-refractivity contribution in [3.63, 3.8) is 0 Å². The van der Waals surface area contributed by atoms with Crippen LogP contribution in [0.2, 0.25) is 5.02 Å². The van der Waals surface area contributed by atoms with Crippen LogP contribution in [-0.4, -0.2) is 9.36 Å². The number of thioether (sulfide) groups is 1. The Morgan fingerprint density at radius 3 is 3.00 bits per heavy atom. The molecule has 78 valence electrons. The van der Waals surface area contributed by atoms with Gasteiger partial charge >= 0.3 is 0 Å². The van der Waals surface area contributed by atoms with E-state index in [4.69, 9.17) is 11.6 Å². The SMILES string of the molecule is Clc1cc(Br)ccc1CSc1ncns1. The monoisotopic (exact) mass is 320 g/mol. The van der Waals surface area contributed by atoms with Gasteiger partial charge in [0, 0.05) is 15.2 Å². The van der Waals surface area contributed by atoms with Crippen LogP contribution in [0, 0.1) is 0 Å². The Morgan fingerprint density at radius 1 is 1.47 bits per heavy atom. The van der Waals surface area contributed by atoms with Crippen LogP contribution < -0.4 is 0 Å². The summed E-state index contributed by atoms with van der Waals surface area (Å²) in [5, 5.41) is 0.779. The number of benzene rings is 1. The van der Waals surface area contributed by atoms with Gasteiger partial charge in [0.05, 0.1) is 0 Å². The van der Waals surface area contributed by atoms with Crippen LogP contribution in [0.5, 0.6) is 0 Å². The van der Waals surface area contributed by atoms with Crippen LogP contribution in [0.15, 0.2) is 33.3 Å². The van der Waals surface area contributed by atoms with Gasteiger partial charge in [-0.2, -0.15) is 4.37 Å². The summed E-state index contributed by atoms with van der Waals surface area (Å²) in [6.45, 7) is 0. The Balaban J connectivity index is 2.05. The maximum atomic E-state index is 6.09. The second kappa shape index (κ2) is 5.30. The maximum absolute atomic E-state index is 6.09. The van der Waals surface area contributed by atoms with E-state index in [1.54, 1.807) is 18.1 Å². The van der Waals surface area contributed by atoms with Crippen molar-refractivity contribution < 1.29 is 0 Å². The van der Waals surface area contributed by atoms with E-state index >= 15 is 0 Å². The van der Waals surface area contributed by atoms with Crippen molar-refractivity contribution in [1.29, 1.82) is 0 Å². The number of hydrogen-bond acceptors (Lipinski definition) is 4. The molecule has 0 bridgehead atoms. The minimum atomic E-state index is 0.779. The van der Waals surface area contributed by atoms with E-state index < -0.39 is 0 Å². The normalized spacial score (nSPS) is 10.5. The fourth-order valence-electron chi connectivity index (χ4n) is 1.00. The zero-order valence-electron chi connectivity index (χ0n) is 7.48. The number of halogens is 2. The van der Waals surface area contributed by atoms with Gasteiger partial charge < -0.3 is 0 Å². The van der Waals surface area contributed by atoms with Crippen LogP contribution in [0.4, 0.5) is 0 Å². The molecule has 0 aliphatic heterocycles. The van der Waals surface area contributed by atoms with E-state index in [1.165, 1.54) is 11.5 Å². The minimum Gasteiger partial charge on any atom is -0.216 e. The van der Waals surface area contributed by atoms with Crippen molar-refractivity contribution in [3.8, 4) is 0 Å². The highest BCUT2D eigenvalue weighted by atomic mass is 79.9. The molecule has 0 radical (unpaired) electrons. The molecule has 2 rings (SSSR count). The third-order valence-corrected chi connectivity index (χ3v) is 4.40. The molecule has 0 N–H and O–H groups in total. The quantitative estimate of drug-likeness (QED) is 0.791. The lowest BCUT2D eigenvalue weighted by Gasteiger charge is -2.02. The van der Waals surface area contributed by atoms with Gasteiger partial charge in [-0.25, -0.2) is 4.98 Å². The Bertz CT molecular complexity index is 447. The highest BCUT2D eigenvalue weighted by Gasteiger charge is 2.03. The van der Waals surface area contributed by atoms with Gasteiger partial charge in [0.2, 0.25) is 0 Å². The first-order chi connectivity index (χ1) is 7.25. The molecule has 15 heavy (non-hydrogen) atoms. The van der Waals surface area contributed by atoms with Crippen molar-refractivity contribution in [2.75, 3.05) is 0 Å². The molecule has 2 aromatic rings. The summed E-state index contributed by atoms with van der Waals surface area (Å²) >= 11 is 12.5. The Labute approximate surface area is 109 Å². The molecule has 1 aromatic carbocycles. The zero-order valence-corrected chi connectivity index (χ0v) is 11.5. The Hall–Kier alpha value is -0.100. The fourth-order valence-corrected chi connectivity index (χ4v) is 3.27. The van der Waals surface area contributed by atoms with Crippen molar-refractivity contribution in [2.45, 2.75) is 10.1 Å². The molecule has 0 saturated heterocycles. The molecule has 0 saturated carbocycles. The molecule has 0 fully saturated rings. The van der Waals surface area contributed by atoms with Gasteiger partial charge in [-0.15, -0.1) is 0 Å². The molecular weight excluding hydrogens is 316 g/mol. The third kappa shape index (κ3) is 3.17. The summed E-state index contributed by atoms with van der Waals surface area (Å²) in [5.41, 5.74) is 1.11. The van der Waals surface area contributed by atoms with E-state index in [9.17, 15) is 0 Å². The van der Waals surface area contributed by atoms with Gasteiger partial charge in [-0.1, -0.05) is 45.4 Å². The van der Waals surface area contributed by atoms with Crippen LogP contribution in [-0.2, 0) is 5.75 Å². The molecule has 0 unspecified atom stereocenters. The lowest BCUT2D eigenvalue weighted by atomic mass is 10.2. The van der Waals surface area contributed by atoms with Gasteiger partial charge in [-0.05, 0) is 29.2 Å². The van der Waals surface area contributed by atoms with E-state index in [0.717, 1.165) is 25.2 Å². The highest BCUT2D eigenvalue weighted by molar-refractivity contribution is 9.10. The first kappa shape index (κ1) is 11.4. The second-order valence-corrected chi connectivity index (χ2v) is 6.06. The summed E-state index contributed by atoms with van der Waals surface area (Å²) in [6, 6.07) is 5.90. The Kier molecular flexibility index (Phi) is 4.02. The summed E-state index contributed by atoms with van der Waals surface area (Å²) < 4.78 is 5.90. The largest absolute Gasteiger partial charge is 0.216 e. The van der Waals surface area contributed by atoms with Crippen molar-refractivity contribution >= 4 is 50.8 Å². The standard InChI is InChI=1S/C9H6BrClN2S2/c10-7-2-1-6(8(11)3-7)4-14-9-12-5-13-15-9/h1-3,5H,4H2. The maximum Gasteiger partial charge on any atom is 0.170 e. The van der Waals surface area contributed by atoms with Gasteiger partial charge in [-0.3, -0.25) is 0 Å². The average molecular weight is 322 g/mol. The van der Waals surface area contributed by atoms with E-state index in [1.807, 2.05) is 18.2 Å². The van der Waals surface area contributed by atoms with E-state index in [0.29, 0.717) is 0 Å². The summed E-state index contributed by atoms with van der Waals surface area (Å²) in [5.74, 6) is 0.821. The topological polar surface area (TPSA) is 25.8 Å². The number of aromatic nitrogens is 2. The summed E-state index contributed by atoms with van der Waals surface area (Å²) in [6.07, 6.45) is 1.57. The van der Waals surface area contributed by atoms with Crippen molar-refractivity contribution in [2.24, 2.45) is 0 Å². The molecule has 0 aliphatic carbocycles. The molecule has 0 spiro atoms. The van der Waals surface area contributed by atoms with E-state index in [-0.39, 0.29) is 0 Å². The molecular formula is C9H6BrClN2S2. The third-order valence-electron chi connectivity index (χ3n) is 1.71. The summed E-state index contributed by atoms with van der Waals surface area (Å²) in [4.78, 5) is 4.10. The van der Waals surface area contributed by atoms with Crippen LogP contribution in [0.25, 0.3) is 0 Å². The van der Waals surface area contributed by atoms with Crippen LogP contribution in [0.3, 0.4) is 0 Å². The lowest BCUT2D eigenvalue weighted by molar-refractivity contribution is 1.21. The first-order valence-electron chi connectivity index (χ1n) is 4.09. The van der Waals surface area contributed by atoms with Crippen LogP contribution >= 0.6 is 50.8 Å². The number of rotatable bonds is 3. The van der Waals surface area contributed by atoms with Gasteiger partial charge in [0.1, 0.15) is 6.33 Å². The molecule has 2 nitrogen and oxygen atoms in total. The van der Waals surface area contributed by atoms with Crippen molar-refractivity contribution in [1.82, 2.24) is 9.36 Å². The van der Waals surface area contributed by atoms with Crippen molar-refractivity contribution in [3.05, 3.63) is 39.6 Å². The molecule has 1 aromatic heterocycles. The highest BCUT2D eigenvalue weighted by Crippen LogP contribution is 2.28. The zero-order chi connectivity index (χ0) is 10.7. The lowest BCUT2D eigenvalue weighted by Crippen LogP contribution is -1.82. The van der Waals surface area contributed by atoms with Gasteiger partial charge in [0.25, 0.3) is 0 Å². The number of hydrogen-bond donors (Lipinski definition) is 0. The van der Waals surface area contributed by atoms with Gasteiger partial charge in [0.15, 0.2) is 4.34 Å². The molecule has 0 aliphatic rings. The molecule has 1 heterocycles. The van der Waals surface area contributed by atoms with E-state index in [2.05, 4.69) is 25.3 Å². The predicted molar refractivity (Wildman–Crippen MR) is 68.6 cm³/mol. The number of nitrogens with zero attached hydrogens (tertiary/aromatic N) is 2. The fraction of sp³-hybridized carbons (Fsp3) is 0.111. The first-order valence-corrected chi connectivity index (χ1v) is 7.02. The second-order valence-electron chi connectivity index (χ2n) is 2.73. The summed E-state index contributed by atoms with van der Waals surface area (Å²) in [7, 11) is 0. The predicted octanol–water partition coefficient (Wildman–Crippen LogP) is 4.25. The molecule has 0 atom stereocenters. The van der Waals surface area contributed by atoms with Crippen LogP contribution in [0.1, 0.15) is 5.56 Å². The average Bonchev–Trinajstić information content (AvgIpc) is 2.69. The molecule has 6 heteroatoms. The minimum absolute atomic E-state index is 0.779.